The molecule has 2 aromatic rings. The summed E-state index contributed by atoms with van der Waals surface area (Å²) in [4.78, 5) is 26.0. The highest BCUT2D eigenvalue weighted by Crippen LogP contribution is 2.29. The Kier molecular flexibility index (Phi) is 3.48. The molecule has 0 amide bonds. The van der Waals surface area contributed by atoms with Gasteiger partial charge in [0.2, 0.25) is 0 Å². The van der Waals surface area contributed by atoms with Gasteiger partial charge in [0, 0.05) is 10.4 Å². The number of H-pyrrole nitrogens is 1. The number of benzene rings is 1. The fourth-order valence-corrected chi connectivity index (χ4v) is 1.96. The first-order valence-electron chi connectivity index (χ1n) is 5.68. The summed E-state index contributed by atoms with van der Waals surface area (Å²) in [6.07, 6.45) is 0. The summed E-state index contributed by atoms with van der Waals surface area (Å²) in [6.45, 7) is 3.50. The van der Waals surface area contributed by atoms with E-state index in [4.69, 9.17) is 16.3 Å². The van der Waals surface area contributed by atoms with E-state index >= 15 is 0 Å². The minimum Gasteiger partial charge on any atom is -0.506 e. The Morgan fingerprint density at radius 1 is 1.47 bits per heavy atom. The second kappa shape index (κ2) is 4.93. The van der Waals surface area contributed by atoms with Gasteiger partial charge in [0.05, 0.1) is 12.1 Å². The van der Waals surface area contributed by atoms with Gasteiger partial charge in [0.25, 0.3) is 5.56 Å². The summed E-state index contributed by atoms with van der Waals surface area (Å²) in [5.41, 5.74) is -0.00286. The van der Waals surface area contributed by atoms with Gasteiger partial charge in [-0.2, -0.15) is 0 Å². The number of hydrogen-bond acceptors (Lipinski definition) is 4. The molecule has 0 spiro atoms. The number of nitrogens with one attached hydrogen (secondary N) is 1. The van der Waals surface area contributed by atoms with Gasteiger partial charge in [0.1, 0.15) is 5.75 Å². The monoisotopic (exact) mass is 281 g/mol. The average molecular weight is 282 g/mol. The average Bonchev–Trinajstić information content (AvgIpc) is 2.32. The van der Waals surface area contributed by atoms with E-state index in [9.17, 15) is 14.7 Å². The van der Waals surface area contributed by atoms with Crippen LogP contribution in [0.25, 0.3) is 10.9 Å². The number of pyridine rings is 1. The summed E-state index contributed by atoms with van der Waals surface area (Å²) < 4.78 is 4.75. The van der Waals surface area contributed by atoms with Gasteiger partial charge < -0.3 is 14.8 Å². The number of fused-ring (bicyclic) bond motifs is 1. The van der Waals surface area contributed by atoms with Crippen LogP contribution in [-0.4, -0.2) is 22.7 Å². The Morgan fingerprint density at radius 3 is 2.79 bits per heavy atom. The minimum absolute atomic E-state index is 0.120. The van der Waals surface area contributed by atoms with Crippen molar-refractivity contribution in [3.63, 3.8) is 0 Å². The van der Waals surface area contributed by atoms with Gasteiger partial charge in [-0.3, -0.25) is 4.79 Å². The standard InChI is InChI=1S/C13H12ClNO4/c1-3-19-13(18)10-11(16)7-4-6(2)8(14)5-9(7)15-12(10)17/h4-5H,3H2,1-2H3,(H2,15,16,17). The lowest BCUT2D eigenvalue weighted by atomic mass is 10.1. The van der Waals surface area contributed by atoms with Gasteiger partial charge in [-0.05, 0) is 31.5 Å². The van der Waals surface area contributed by atoms with Crippen LogP contribution < -0.4 is 5.56 Å². The third-order valence-corrected chi connectivity index (χ3v) is 3.15. The number of aromatic amines is 1. The molecule has 1 aromatic carbocycles. The predicted molar refractivity (Wildman–Crippen MR) is 71.9 cm³/mol. The molecule has 2 N–H and O–H groups in total. The van der Waals surface area contributed by atoms with Crippen molar-refractivity contribution in [1.82, 2.24) is 4.98 Å². The lowest BCUT2D eigenvalue weighted by molar-refractivity contribution is 0.0521. The van der Waals surface area contributed by atoms with Crippen molar-refractivity contribution in [3.8, 4) is 5.75 Å². The van der Waals surface area contributed by atoms with E-state index in [0.717, 1.165) is 5.56 Å². The normalized spacial score (nSPS) is 10.7. The van der Waals surface area contributed by atoms with Gasteiger partial charge >= 0.3 is 5.97 Å². The molecule has 0 bridgehead atoms. The van der Waals surface area contributed by atoms with Crippen LogP contribution in [0.4, 0.5) is 0 Å². The van der Waals surface area contributed by atoms with Crippen LogP contribution in [0, 0.1) is 6.92 Å². The van der Waals surface area contributed by atoms with Crippen LogP contribution in [0.15, 0.2) is 16.9 Å². The molecule has 100 valence electrons. The zero-order valence-electron chi connectivity index (χ0n) is 10.4. The zero-order chi connectivity index (χ0) is 14.2. The molecule has 0 aliphatic heterocycles. The van der Waals surface area contributed by atoms with Crippen LogP contribution in [0.1, 0.15) is 22.8 Å². The van der Waals surface area contributed by atoms with Crippen molar-refractivity contribution in [2.45, 2.75) is 13.8 Å². The fraction of sp³-hybridized carbons (Fsp3) is 0.231. The first kappa shape index (κ1) is 13.4. The molecule has 19 heavy (non-hydrogen) atoms. The quantitative estimate of drug-likeness (QED) is 0.828. The third-order valence-electron chi connectivity index (χ3n) is 2.75. The van der Waals surface area contributed by atoms with Gasteiger partial charge in [-0.25, -0.2) is 4.79 Å². The molecule has 1 heterocycles. The highest BCUT2D eigenvalue weighted by Gasteiger charge is 2.20. The molecule has 0 fully saturated rings. The highest BCUT2D eigenvalue weighted by molar-refractivity contribution is 6.32. The Hall–Kier alpha value is -2.01. The van der Waals surface area contributed by atoms with E-state index in [2.05, 4.69) is 4.98 Å². The summed E-state index contributed by atoms with van der Waals surface area (Å²) in [6, 6.07) is 3.13. The van der Waals surface area contributed by atoms with Crippen molar-refractivity contribution >= 4 is 28.5 Å². The van der Waals surface area contributed by atoms with Crippen LogP contribution in [0.5, 0.6) is 5.75 Å². The maximum atomic E-state index is 11.8. The molecule has 0 saturated carbocycles. The number of carbonyl (C=O) groups is 1. The minimum atomic E-state index is -0.851. The van der Waals surface area contributed by atoms with Crippen molar-refractivity contribution < 1.29 is 14.6 Å². The second-order valence-corrected chi connectivity index (χ2v) is 4.45. The van der Waals surface area contributed by atoms with Crippen molar-refractivity contribution in [1.29, 1.82) is 0 Å². The molecule has 6 heteroatoms. The Balaban J connectivity index is 2.78. The zero-order valence-corrected chi connectivity index (χ0v) is 11.2. The molecular weight excluding hydrogens is 270 g/mol. The first-order valence-corrected chi connectivity index (χ1v) is 6.05. The third kappa shape index (κ3) is 2.29. The number of esters is 1. The van der Waals surface area contributed by atoms with Crippen molar-refractivity contribution in [2.24, 2.45) is 0 Å². The molecule has 2 rings (SSSR count). The number of aromatic hydroxyl groups is 1. The van der Waals surface area contributed by atoms with E-state index in [0.29, 0.717) is 15.9 Å². The highest BCUT2D eigenvalue weighted by atomic mass is 35.5. The van der Waals surface area contributed by atoms with E-state index in [-0.39, 0.29) is 6.61 Å². The fourth-order valence-electron chi connectivity index (χ4n) is 1.80. The predicted octanol–water partition coefficient (Wildman–Crippen LogP) is 2.37. The lowest BCUT2D eigenvalue weighted by Crippen LogP contribution is -2.20. The van der Waals surface area contributed by atoms with Gasteiger partial charge in [0.15, 0.2) is 5.56 Å². The molecule has 0 unspecified atom stereocenters. The van der Waals surface area contributed by atoms with E-state index in [1.165, 1.54) is 6.07 Å². The second-order valence-electron chi connectivity index (χ2n) is 4.05. The van der Waals surface area contributed by atoms with E-state index < -0.39 is 22.8 Å². The summed E-state index contributed by atoms with van der Waals surface area (Å²) >= 11 is 5.95. The molecule has 1 aromatic heterocycles. The number of aromatic nitrogens is 1. The van der Waals surface area contributed by atoms with Gasteiger partial charge in [-0.1, -0.05) is 11.6 Å². The van der Waals surface area contributed by atoms with E-state index in [1.54, 1.807) is 19.9 Å². The molecule has 0 atom stereocenters. The summed E-state index contributed by atoms with van der Waals surface area (Å²) in [5, 5.41) is 10.9. The molecule has 0 aliphatic carbocycles. The Labute approximate surface area is 113 Å². The number of ether oxygens (including phenoxy) is 1. The largest absolute Gasteiger partial charge is 0.506 e. The number of carbonyl (C=O) groups excluding carboxylic acids is 1. The molecule has 0 radical (unpaired) electrons. The first-order chi connectivity index (χ1) is 8.95. The van der Waals surface area contributed by atoms with Crippen LogP contribution in [0.3, 0.4) is 0 Å². The molecule has 0 aliphatic rings. The smallest absolute Gasteiger partial charge is 0.347 e. The molecule has 5 nitrogen and oxygen atoms in total. The Bertz CT molecular complexity index is 721. The van der Waals surface area contributed by atoms with Crippen molar-refractivity contribution in [3.05, 3.63) is 38.6 Å². The Morgan fingerprint density at radius 2 is 2.16 bits per heavy atom. The molecule has 0 saturated heterocycles. The summed E-state index contributed by atoms with van der Waals surface area (Å²) in [5.74, 6) is -1.24. The SMILES string of the molecule is CCOC(=O)c1c(O)c2cc(C)c(Cl)cc2[nH]c1=O. The maximum absolute atomic E-state index is 11.8. The maximum Gasteiger partial charge on any atom is 0.347 e. The number of hydrogen-bond donors (Lipinski definition) is 2. The number of halogens is 1. The van der Waals surface area contributed by atoms with Crippen molar-refractivity contribution in [2.75, 3.05) is 6.61 Å². The van der Waals surface area contributed by atoms with E-state index in [1.807, 2.05) is 0 Å². The van der Waals surface area contributed by atoms with Crippen LogP contribution in [0.2, 0.25) is 5.02 Å². The molecular formula is C13H12ClNO4. The van der Waals surface area contributed by atoms with Gasteiger partial charge in [-0.15, -0.1) is 0 Å². The topological polar surface area (TPSA) is 79.4 Å². The number of aryl methyl sites for hydroxylation is 1. The number of rotatable bonds is 2. The van der Waals surface area contributed by atoms with Crippen LogP contribution >= 0.6 is 11.6 Å². The van der Waals surface area contributed by atoms with Crippen LogP contribution in [-0.2, 0) is 4.74 Å². The summed E-state index contributed by atoms with van der Waals surface area (Å²) in [7, 11) is 0. The lowest BCUT2D eigenvalue weighted by Gasteiger charge is -2.08.